The van der Waals surface area contributed by atoms with E-state index < -0.39 is 0 Å². The van der Waals surface area contributed by atoms with Crippen LogP contribution in [0.5, 0.6) is 0 Å². The monoisotopic (exact) mass is 207 g/mol. The highest BCUT2D eigenvalue weighted by Gasteiger charge is 2.05. The van der Waals surface area contributed by atoms with E-state index >= 15 is 0 Å². The summed E-state index contributed by atoms with van der Waals surface area (Å²) in [5, 5.41) is 3.65. The summed E-state index contributed by atoms with van der Waals surface area (Å²) in [5.74, 6) is 0.633. The van der Waals surface area contributed by atoms with Gasteiger partial charge in [0.25, 0.3) is 0 Å². The van der Waals surface area contributed by atoms with Crippen LogP contribution in [0.1, 0.15) is 17.3 Å². The zero-order valence-corrected chi connectivity index (χ0v) is 7.98. The standard InChI is InChI=1S/C10H10FN3O/c11-8-3-1-2-7(4-8)5-10-13-9(6-12)14-15-10/h1-4H,5-6,12H2. The second-order valence-corrected chi connectivity index (χ2v) is 3.12. The van der Waals surface area contributed by atoms with Crippen LogP contribution in [0.25, 0.3) is 0 Å². The lowest BCUT2D eigenvalue weighted by Gasteiger charge is -1.95. The molecule has 1 aromatic heterocycles. The topological polar surface area (TPSA) is 64.9 Å². The van der Waals surface area contributed by atoms with E-state index in [1.165, 1.54) is 12.1 Å². The van der Waals surface area contributed by atoms with Crippen molar-refractivity contribution in [2.45, 2.75) is 13.0 Å². The van der Waals surface area contributed by atoms with Crippen LogP contribution in [-0.4, -0.2) is 10.1 Å². The molecule has 0 saturated carbocycles. The first-order valence-electron chi connectivity index (χ1n) is 4.54. The van der Waals surface area contributed by atoms with E-state index in [9.17, 15) is 4.39 Å². The Morgan fingerprint density at radius 1 is 1.40 bits per heavy atom. The van der Waals surface area contributed by atoms with Crippen LogP contribution in [0, 0.1) is 5.82 Å². The Morgan fingerprint density at radius 3 is 2.93 bits per heavy atom. The molecule has 78 valence electrons. The Morgan fingerprint density at radius 2 is 2.27 bits per heavy atom. The van der Waals surface area contributed by atoms with Crippen LogP contribution >= 0.6 is 0 Å². The Bertz CT molecular complexity index is 455. The summed E-state index contributed by atoms with van der Waals surface area (Å²) in [6.07, 6.45) is 0.421. The SMILES string of the molecule is NCc1noc(Cc2cccc(F)c2)n1. The van der Waals surface area contributed by atoms with Gasteiger partial charge in [-0.2, -0.15) is 4.98 Å². The molecule has 0 atom stereocenters. The van der Waals surface area contributed by atoms with Crippen molar-refractivity contribution >= 4 is 0 Å². The molecule has 0 bridgehead atoms. The number of aromatic nitrogens is 2. The normalized spacial score (nSPS) is 10.5. The van der Waals surface area contributed by atoms with Crippen molar-refractivity contribution < 1.29 is 8.91 Å². The molecular formula is C10H10FN3O. The molecule has 4 nitrogen and oxygen atoms in total. The van der Waals surface area contributed by atoms with Gasteiger partial charge in [0.15, 0.2) is 5.82 Å². The predicted molar refractivity (Wildman–Crippen MR) is 51.4 cm³/mol. The molecule has 2 N–H and O–H groups in total. The lowest BCUT2D eigenvalue weighted by Crippen LogP contribution is -1.98. The van der Waals surface area contributed by atoms with E-state index in [1.54, 1.807) is 12.1 Å². The minimum Gasteiger partial charge on any atom is -0.339 e. The summed E-state index contributed by atoms with van der Waals surface area (Å²) in [7, 11) is 0. The number of hydrogen-bond donors (Lipinski definition) is 1. The molecule has 15 heavy (non-hydrogen) atoms. The van der Waals surface area contributed by atoms with Crippen LogP contribution in [0.2, 0.25) is 0 Å². The van der Waals surface area contributed by atoms with Crippen molar-refractivity contribution in [2.75, 3.05) is 0 Å². The van der Waals surface area contributed by atoms with E-state index in [2.05, 4.69) is 10.1 Å². The predicted octanol–water partition coefficient (Wildman–Crippen LogP) is 1.26. The van der Waals surface area contributed by atoms with Crippen LogP contribution in [0.4, 0.5) is 4.39 Å². The quantitative estimate of drug-likeness (QED) is 0.822. The van der Waals surface area contributed by atoms with Gasteiger partial charge in [-0.25, -0.2) is 4.39 Å². The Balaban J connectivity index is 2.14. The first kappa shape index (κ1) is 9.79. The minimum absolute atomic E-state index is 0.243. The number of benzene rings is 1. The molecule has 0 aliphatic carbocycles. The second kappa shape index (κ2) is 4.18. The molecule has 0 saturated heterocycles. The second-order valence-electron chi connectivity index (χ2n) is 3.12. The van der Waals surface area contributed by atoms with Gasteiger partial charge in [-0.3, -0.25) is 0 Å². The highest BCUT2D eigenvalue weighted by atomic mass is 19.1. The van der Waals surface area contributed by atoms with Crippen LogP contribution < -0.4 is 5.73 Å². The van der Waals surface area contributed by atoms with Gasteiger partial charge in [-0.05, 0) is 17.7 Å². The molecule has 0 radical (unpaired) electrons. The van der Waals surface area contributed by atoms with Gasteiger partial charge in [0.2, 0.25) is 5.89 Å². The van der Waals surface area contributed by atoms with Crippen molar-refractivity contribution in [1.82, 2.24) is 10.1 Å². The number of halogens is 1. The first-order chi connectivity index (χ1) is 7.28. The molecule has 0 fully saturated rings. The molecule has 0 aliphatic rings. The molecule has 2 rings (SSSR count). The van der Waals surface area contributed by atoms with Gasteiger partial charge in [0, 0.05) is 0 Å². The molecule has 0 amide bonds. The van der Waals surface area contributed by atoms with Crippen molar-refractivity contribution in [3.63, 3.8) is 0 Å². The van der Waals surface area contributed by atoms with Gasteiger partial charge < -0.3 is 10.3 Å². The van der Waals surface area contributed by atoms with Crippen molar-refractivity contribution in [1.29, 1.82) is 0 Å². The van der Waals surface area contributed by atoms with E-state index in [-0.39, 0.29) is 12.4 Å². The Kier molecular flexibility index (Phi) is 2.73. The third kappa shape index (κ3) is 2.38. The van der Waals surface area contributed by atoms with Crippen LogP contribution in [0.15, 0.2) is 28.8 Å². The fourth-order valence-corrected chi connectivity index (χ4v) is 1.27. The van der Waals surface area contributed by atoms with E-state index in [0.29, 0.717) is 18.1 Å². The molecule has 0 spiro atoms. The van der Waals surface area contributed by atoms with Gasteiger partial charge in [-0.15, -0.1) is 0 Å². The third-order valence-corrected chi connectivity index (χ3v) is 1.94. The summed E-state index contributed by atoms with van der Waals surface area (Å²) >= 11 is 0. The fraction of sp³-hybridized carbons (Fsp3) is 0.200. The average molecular weight is 207 g/mol. The molecule has 0 unspecified atom stereocenters. The Labute approximate surface area is 85.9 Å². The average Bonchev–Trinajstić information content (AvgIpc) is 2.65. The summed E-state index contributed by atoms with van der Waals surface area (Å²) in [5.41, 5.74) is 6.13. The van der Waals surface area contributed by atoms with Gasteiger partial charge in [-0.1, -0.05) is 17.3 Å². The maximum atomic E-state index is 12.9. The van der Waals surface area contributed by atoms with Crippen LogP contribution in [0.3, 0.4) is 0 Å². The molecule has 1 heterocycles. The molecule has 2 aromatic rings. The molecule has 5 heteroatoms. The van der Waals surface area contributed by atoms with Crippen molar-refractivity contribution in [3.8, 4) is 0 Å². The summed E-state index contributed by atoms with van der Waals surface area (Å²) in [6, 6.07) is 6.27. The van der Waals surface area contributed by atoms with E-state index in [4.69, 9.17) is 10.3 Å². The number of rotatable bonds is 3. The fourth-order valence-electron chi connectivity index (χ4n) is 1.27. The largest absolute Gasteiger partial charge is 0.339 e. The maximum Gasteiger partial charge on any atom is 0.231 e. The van der Waals surface area contributed by atoms with E-state index in [1.807, 2.05) is 0 Å². The lowest BCUT2D eigenvalue weighted by atomic mass is 10.1. The van der Waals surface area contributed by atoms with Gasteiger partial charge >= 0.3 is 0 Å². The maximum absolute atomic E-state index is 12.9. The lowest BCUT2D eigenvalue weighted by molar-refractivity contribution is 0.379. The first-order valence-corrected chi connectivity index (χ1v) is 4.54. The van der Waals surface area contributed by atoms with E-state index in [0.717, 1.165) is 5.56 Å². The molecule has 0 aliphatic heterocycles. The zero-order valence-electron chi connectivity index (χ0n) is 7.98. The van der Waals surface area contributed by atoms with Crippen LogP contribution in [-0.2, 0) is 13.0 Å². The number of nitrogens with zero attached hydrogens (tertiary/aromatic N) is 2. The number of hydrogen-bond acceptors (Lipinski definition) is 4. The molecule has 1 aromatic carbocycles. The van der Waals surface area contributed by atoms with Gasteiger partial charge in [0.1, 0.15) is 5.82 Å². The smallest absolute Gasteiger partial charge is 0.231 e. The van der Waals surface area contributed by atoms with Crippen molar-refractivity contribution in [3.05, 3.63) is 47.4 Å². The highest BCUT2D eigenvalue weighted by Crippen LogP contribution is 2.09. The Hall–Kier alpha value is -1.75. The number of nitrogens with two attached hydrogens (primary N) is 1. The van der Waals surface area contributed by atoms with Crippen molar-refractivity contribution in [2.24, 2.45) is 5.73 Å². The summed E-state index contributed by atoms with van der Waals surface area (Å²) in [4.78, 5) is 4.03. The summed E-state index contributed by atoms with van der Waals surface area (Å²) in [6.45, 7) is 0.243. The minimum atomic E-state index is -0.272. The zero-order chi connectivity index (χ0) is 10.7. The van der Waals surface area contributed by atoms with Gasteiger partial charge in [0.05, 0.1) is 13.0 Å². The summed E-state index contributed by atoms with van der Waals surface area (Å²) < 4.78 is 17.8. The third-order valence-electron chi connectivity index (χ3n) is 1.94. The molecular weight excluding hydrogens is 197 g/mol. The highest BCUT2D eigenvalue weighted by molar-refractivity contribution is 5.19.